The van der Waals surface area contributed by atoms with Crippen LogP contribution in [0.25, 0.3) is 0 Å². The Bertz CT molecular complexity index is 425. The third kappa shape index (κ3) is 2.71. The summed E-state index contributed by atoms with van der Waals surface area (Å²) in [5.41, 5.74) is -0.777. The van der Waals surface area contributed by atoms with Crippen molar-refractivity contribution in [2.45, 2.75) is 18.7 Å². The highest BCUT2D eigenvalue weighted by molar-refractivity contribution is 9.10. The van der Waals surface area contributed by atoms with Gasteiger partial charge >= 0.3 is 6.18 Å². The van der Waals surface area contributed by atoms with Crippen molar-refractivity contribution in [2.75, 3.05) is 18.0 Å². The molecular weight excluding hydrogens is 301 g/mol. The Morgan fingerprint density at radius 2 is 2.18 bits per heavy atom. The molecule has 1 aliphatic rings. The molecule has 7 heteroatoms. The van der Waals surface area contributed by atoms with E-state index in [9.17, 15) is 18.3 Å². The summed E-state index contributed by atoms with van der Waals surface area (Å²) in [5, 5.41) is 9.35. The summed E-state index contributed by atoms with van der Waals surface area (Å²) >= 11 is 2.98. The van der Waals surface area contributed by atoms with Gasteiger partial charge in [-0.25, -0.2) is 4.98 Å². The van der Waals surface area contributed by atoms with Crippen LogP contribution in [0.2, 0.25) is 0 Å². The van der Waals surface area contributed by atoms with Gasteiger partial charge in [-0.3, -0.25) is 0 Å². The largest absolute Gasteiger partial charge is 0.419 e. The monoisotopic (exact) mass is 310 g/mol. The summed E-state index contributed by atoms with van der Waals surface area (Å²) in [6.45, 7) is 0.580. The number of aliphatic hydroxyl groups is 1. The molecule has 1 aromatic heterocycles. The molecular formula is C10H10BrF3N2O. The van der Waals surface area contributed by atoms with Crippen LogP contribution < -0.4 is 4.90 Å². The molecule has 1 saturated heterocycles. The molecule has 2 rings (SSSR count). The van der Waals surface area contributed by atoms with Crippen LogP contribution in [-0.2, 0) is 6.18 Å². The van der Waals surface area contributed by atoms with Gasteiger partial charge in [0.2, 0.25) is 0 Å². The number of halogens is 4. The van der Waals surface area contributed by atoms with Crippen LogP contribution in [-0.4, -0.2) is 29.3 Å². The zero-order chi connectivity index (χ0) is 12.6. The minimum absolute atomic E-state index is 0.114. The van der Waals surface area contributed by atoms with E-state index in [1.807, 2.05) is 0 Å². The number of aliphatic hydroxyl groups excluding tert-OH is 1. The highest BCUT2D eigenvalue weighted by Crippen LogP contribution is 2.37. The van der Waals surface area contributed by atoms with Crippen molar-refractivity contribution in [2.24, 2.45) is 0 Å². The maximum Gasteiger partial charge on any atom is 0.419 e. The molecule has 0 unspecified atom stereocenters. The number of nitrogens with zero attached hydrogens (tertiary/aromatic N) is 2. The van der Waals surface area contributed by atoms with Crippen LogP contribution in [0.1, 0.15) is 12.0 Å². The standard InChI is InChI=1S/C10H10BrF3N2O/c11-6-3-8(10(12,13)14)9(15-4-6)16-2-1-7(17)5-16/h3-4,7,17H,1-2,5H2/t7-/m0/s1. The van der Waals surface area contributed by atoms with Gasteiger partial charge in [0.1, 0.15) is 5.82 Å². The zero-order valence-corrected chi connectivity index (χ0v) is 10.3. The second-order valence-electron chi connectivity index (χ2n) is 3.91. The normalized spacial score (nSPS) is 21.0. The summed E-state index contributed by atoms with van der Waals surface area (Å²) < 4.78 is 38.8. The molecule has 0 aromatic carbocycles. The number of hydrogen-bond donors (Lipinski definition) is 1. The molecule has 0 aliphatic carbocycles. The van der Waals surface area contributed by atoms with Gasteiger partial charge in [0.15, 0.2) is 0 Å². The highest BCUT2D eigenvalue weighted by atomic mass is 79.9. The lowest BCUT2D eigenvalue weighted by Gasteiger charge is -2.21. The quantitative estimate of drug-likeness (QED) is 0.865. The number of β-amino-alcohol motifs (C(OH)–C–C–N with tert-alkyl or cyclic N) is 1. The number of hydrogen-bond acceptors (Lipinski definition) is 3. The smallest absolute Gasteiger partial charge is 0.391 e. The van der Waals surface area contributed by atoms with E-state index in [0.29, 0.717) is 13.0 Å². The van der Waals surface area contributed by atoms with Gasteiger partial charge in [-0.15, -0.1) is 0 Å². The van der Waals surface area contributed by atoms with E-state index in [0.717, 1.165) is 6.07 Å². The van der Waals surface area contributed by atoms with Crippen molar-refractivity contribution < 1.29 is 18.3 Å². The van der Waals surface area contributed by atoms with Crippen LogP contribution in [0.5, 0.6) is 0 Å². The summed E-state index contributed by atoms with van der Waals surface area (Å²) in [6, 6.07) is 1.01. The average Bonchev–Trinajstić information content (AvgIpc) is 2.63. The first kappa shape index (κ1) is 12.6. The van der Waals surface area contributed by atoms with Gasteiger partial charge in [0.25, 0.3) is 0 Å². The minimum atomic E-state index is -4.44. The van der Waals surface area contributed by atoms with Crippen LogP contribution in [0.3, 0.4) is 0 Å². The van der Waals surface area contributed by atoms with Crippen molar-refractivity contribution in [3.05, 3.63) is 22.3 Å². The maximum atomic E-state index is 12.8. The molecule has 2 heterocycles. The van der Waals surface area contributed by atoms with E-state index < -0.39 is 17.8 Å². The molecule has 17 heavy (non-hydrogen) atoms. The molecule has 1 aliphatic heterocycles. The fraction of sp³-hybridized carbons (Fsp3) is 0.500. The molecule has 1 atom stereocenters. The first-order valence-electron chi connectivity index (χ1n) is 5.03. The SMILES string of the molecule is O[C@H]1CCN(c2ncc(Br)cc2C(F)(F)F)C1. The maximum absolute atomic E-state index is 12.8. The predicted octanol–water partition coefficient (Wildman–Crippen LogP) is 2.43. The Labute approximate surface area is 104 Å². The number of anilines is 1. The molecule has 0 bridgehead atoms. The minimum Gasteiger partial charge on any atom is -0.391 e. The van der Waals surface area contributed by atoms with Crippen molar-refractivity contribution >= 4 is 21.7 Å². The highest BCUT2D eigenvalue weighted by Gasteiger charge is 2.37. The van der Waals surface area contributed by atoms with Gasteiger partial charge in [-0.1, -0.05) is 0 Å². The summed E-state index contributed by atoms with van der Waals surface area (Å²) in [4.78, 5) is 5.27. The Morgan fingerprint density at radius 3 is 2.71 bits per heavy atom. The fourth-order valence-electron chi connectivity index (χ4n) is 1.83. The van der Waals surface area contributed by atoms with E-state index >= 15 is 0 Å². The molecule has 0 radical (unpaired) electrons. The molecule has 0 saturated carbocycles. The van der Waals surface area contributed by atoms with E-state index in [4.69, 9.17) is 0 Å². The Kier molecular flexibility index (Phi) is 3.31. The number of pyridine rings is 1. The topological polar surface area (TPSA) is 36.4 Å². The van der Waals surface area contributed by atoms with Crippen LogP contribution in [0.15, 0.2) is 16.7 Å². The lowest BCUT2D eigenvalue weighted by molar-refractivity contribution is -0.137. The Hall–Kier alpha value is -0.820. The van der Waals surface area contributed by atoms with Crippen LogP contribution in [0.4, 0.5) is 19.0 Å². The first-order chi connectivity index (χ1) is 7.88. The molecule has 94 valence electrons. The fourth-order valence-corrected chi connectivity index (χ4v) is 2.16. The third-order valence-electron chi connectivity index (χ3n) is 2.60. The molecule has 0 spiro atoms. The lowest BCUT2D eigenvalue weighted by atomic mass is 10.2. The van der Waals surface area contributed by atoms with E-state index in [1.165, 1.54) is 11.1 Å². The molecule has 1 aromatic rings. The Balaban J connectivity index is 2.39. The van der Waals surface area contributed by atoms with Gasteiger partial charge in [0, 0.05) is 23.8 Å². The molecule has 3 nitrogen and oxygen atoms in total. The average molecular weight is 311 g/mol. The van der Waals surface area contributed by atoms with Crippen LogP contribution in [0, 0.1) is 0 Å². The first-order valence-corrected chi connectivity index (χ1v) is 5.83. The molecule has 1 fully saturated rings. The van der Waals surface area contributed by atoms with E-state index in [1.54, 1.807) is 0 Å². The molecule has 0 amide bonds. The number of alkyl halides is 3. The second kappa shape index (κ2) is 4.45. The summed E-state index contributed by atoms with van der Waals surface area (Å²) in [7, 11) is 0. The lowest BCUT2D eigenvalue weighted by Crippen LogP contribution is -2.25. The summed E-state index contributed by atoms with van der Waals surface area (Å²) in [5.74, 6) is -0.114. The van der Waals surface area contributed by atoms with Crippen molar-refractivity contribution in [1.29, 1.82) is 0 Å². The van der Waals surface area contributed by atoms with Gasteiger partial charge in [-0.05, 0) is 28.4 Å². The zero-order valence-electron chi connectivity index (χ0n) is 8.71. The number of rotatable bonds is 1. The molecule has 1 N–H and O–H groups in total. The van der Waals surface area contributed by atoms with Gasteiger partial charge in [-0.2, -0.15) is 13.2 Å². The van der Waals surface area contributed by atoms with E-state index in [2.05, 4.69) is 20.9 Å². The van der Waals surface area contributed by atoms with Crippen molar-refractivity contribution in [3.63, 3.8) is 0 Å². The number of aromatic nitrogens is 1. The predicted molar refractivity (Wildman–Crippen MR) is 59.8 cm³/mol. The second-order valence-corrected chi connectivity index (χ2v) is 4.83. The van der Waals surface area contributed by atoms with Crippen molar-refractivity contribution in [1.82, 2.24) is 4.98 Å². The van der Waals surface area contributed by atoms with Gasteiger partial charge < -0.3 is 10.0 Å². The summed E-state index contributed by atoms with van der Waals surface area (Å²) in [6.07, 6.45) is -3.23. The van der Waals surface area contributed by atoms with E-state index in [-0.39, 0.29) is 16.8 Å². The van der Waals surface area contributed by atoms with Crippen molar-refractivity contribution in [3.8, 4) is 0 Å². The third-order valence-corrected chi connectivity index (χ3v) is 3.04. The Morgan fingerprint density at radius 1 is 1.47 bits per heavy atom. The van der Waals surface area contributed by atoms with Gasteiger partial charge in [0.05, 0.1) is 11.7 Å². The van der Waals surface area contributed by atoms with Crippen LogP contribution >= 0.6 is 15.9 Å².